The van der Waals surface area contributed by atoms with Gasteiger partial charge >= 0.3 is 0 Å². The van der Waals surface area contributed by atoms with Crippen molar-refractivity contribution in [2.45, 2.75) is 65.7 Å². The van der Waals surface area contributed by atoms with E-state index in [4.69, 9.17) is 0 Å². The van der Waals surface area contributed by atoms with Gasteiger partial charge in [-0.25, -0.2) is 0 Å². The third-order valence-electron chi connectivity index (χ3n) is 4.37. The first-order valence-corrected chi connectivity index (χ1v) is 7.23. The Bertz CT molecular complexity index is 347. The fourth-order valence-corrected chi connectivity index (χ4v) is 3.43. The van der Waals surface area contributed by atoms with Crippen LogP contribution < -0.4 is 0 Å². The van der Waals surface area contributed by atoms with Crippen LogP contribution in [0.4, 0.5) is 0 Å². The zero-order valence-corrected chi connectivity index (χ0v) is 11.7. The minimum Gasteiger partial charge on any atom is -0.0561 e. The fraction of sp³-hybridized carbons (Fsp3) is 0.647. The Kier molecular flexibility index (Phi) is 4.25. The van der Waals surface area contributed by atoms with Crippen molar-refractivity contribution in [1.29, 1.82) is 0 Å². The van der Waals surface area contributed by atoms with Crippen LogP contribution in [0.1, 0.15) is 60.8 Å². The topological polar surface area (TPSA) is 0 Å². The summed E-state index contributed by atoms with van der Waals surface area (Å²) < 4.78 is 0. The monoisotopic (exact) mass is 230 g/mol. The van der Waals surface area contributed by atoms with E-state index < -0.39 is 0 Å². The summed E-state index contributed by atoms with van der Waals surface area (Å²) in [4.78, 5) is 0. The van der Waals surface area contributed by atoms with Crippen LogP contribution in [0, 0.1) is 26.7 Å². The lowest BCUT2D eigenvalue weighted by molar-refractivity contribution is 0.339. The van der Waals surface area contributed by atoms with Gasteiger partial charge in [-0.2, -0.15) is 0 Å². The molecular formula is C17H26. The minimum absolute atomic E-state index is 1.00. The van der Waals surface area contributed by atoms with Gasteiger partial charge in [0.1, 0.15) is 0 Å². The third kappa shape index (κ3) is 3.34. The molecule has 2 rings (SSSR count). The van der Waals surface area contributed by atoms with Crippen LogP contribution in [-0.4, -0.2) is 0 Å². The van der Waals surface area contributed by atoms with Crippen LogP contribution in [0.15, 0.2) is 12.1 Å². The Morgan fingerprint density at radius 3 is 2.12 bits per heavy atom. The molecule has 17 heavy (non-hydrogen) atoms. The number of hydrogen-bond acceptors (Lipinski definition) is 0. The van der Waals surface area contributed by atoms with Crippen LogP contribution in [0.25, 0.3) is 0 Å². The van der Waals surface area contributed by atoms with Crippen LogP contribution in [0.3, 0.4) is 0 Å². The molecule has 0 heterocycles. The molecule has 1 aromatic carbocycles. The van der Waals surface area contributed by atoms with Crippen molar-refractivity contribution in [2.24, 2.45) is 5.92 Å². The molecule has 0 amide bonds. The van der Waals surface area contributed by atoms with Crippen LogP contribution in [0.5, 0.6) is 0 Å². The predicted octanol–water partition coefficient (Wildman–Crippen LogP) is 5.12. The molecule has 1 aromatic rings. The van der Waals surface area contributed by atoms with E-state index in [-0.39, 0.29) is 0 Å². The lowest BCUT2D eigenvalue weighted by Crippen LogP contribution is -2.08. The maximum Gasteiger partial charge on any atom is -0.0271 e. The van der Waals surface area contributed by atoms with Crippen molar-refractivity contribution in [3.63, 3.8) is 0 Å². The van der Waals surface area contributed by atoms with Crippen LogP contribution in [0.2, 0.25) is 0 Å². The molecule has 0 radical (unpaired) electrons. The Labute approximate surface area is 106 Å². The summed E-state index contributed by atoms with van der Waals surface area (Å²) >= 11 is 0. The predicted molar refractivity (Wildman–Crippen MR) is 75.5 cm³/mol. The van der Waals surface area contributed by atoms with E-state index in [2.05, 4.69) is 32.9 Å². The Balaban J connectivity index is 1.98. The molecule has 1 fully saturated rings. The maximum absolute atomic E-state index is 2.34. The molecule has 94 valence electrons. The maximum atomic E-state index is 2.34. The van der Waals surface area contributed by atoms with Crippen molar-refractivity contribution in [1.82, 2.24) is 0 Å². The molecule has 1 aliphatic rings. The van der Waals surface area contributed by atoms with E-state index in [0.717, 1.165) is 5.92 Å². The second-order valence-electron chi connectivity index (χ2n) is 5.92. The van der Waals surface area contributed by atoms with Crippen molar-refractivity contribution in [2.75, 3.05) is 0 Å². The quantitative estimate of drug-likeness (QED) is 0.675. The second kappa shape index (κ2) is 5.71. The molecule has 1 saturated carbocycles. The highest BCUT2D eigenvalue weighted by Gasteiger charge is 2.14. The molecular weight excluding hydrogens is 204 g/mol. The molecule has 0 unspecified atom stereocenters. The average molecular weight is 230 g/mol. The van der Waals surface area contributed by atoms with Gasteiger partial charge in [-0.3, -0.25) is 0 Å². The summed E-state index contributed by atoms with van der Waals surface area (Å²) in [6.07, 6.45) is 10.1. The summed E-state index contributed by atoms with van der Waals surface area (Å²) in [5, 5.41) is 0. The first-order valence-electron chi connectivity index (χ1n) is 7.23. The highest BCUT2D eigenvalue weighted by atomic mass is 14.2. The summed E-state index contributed by atoms with van der Waals surface area (Å²) in [5.74, 6) is 1.00. The van der Waals surface area contributed by atoms with Gasteiger partial charge in [-0.1, -0.05) is 49.8 Å². The molecule has 0 heteroatoms. The number of benzene rings is 1. The number of hydrogen-bond donors (Lipinski definition) is 0. The largest absolute Gasteiger partial charge is 0.0561 e. The average Bonchev–Trinajstić information content (AvgIpc) is 2.29. The molecule has 0 nitrogen and oxygen atoms in total. The zero-order chi connectivity index (χ0) is 12.3. The Morgan fingerprint density at radius 2 is 1.53 bits per heavy atom. The first kappa shape index (κ1) is 12.7. The molecule has 0 aliphatic heterocycles. The van der Waals surface area contributed by atoms with E-state index >= 15 is 0 Å². The summed E-state index contributed by atoms with van der Waals surface area (Å²) in [5.41, 5.74) is 6.01. The summed E-state index contributed by atoms with van der Waals surface area (Å²) in [6, 6.07) is 4.67. The van der Waals surface area contributed by atoms with Gasteiger partial charge in [0.25, 0.3) is 0 Å². The second-order valence-corrected chi connectivity index (χ2v) is 5.92. The van der Waals surface area contributed by atoms with Crippen molar-refractivity contribution < 1.29 is 0 Å². The van der Waals surface area contributed by atoms with E-state index in [1.54, 1.807) is 5.56 Å². The zero-order valence-electron chi connectivity index (χ0n) is 11.7. The van der Waals surface area contributed by atoms with Gasteiger partial charge < -0.3 is 0 Å². The van der Waals surface area contributed by atoms with Crippen LogP contribution in [-0.2, 0) is 6.42 Å². The van der Waals surface area contributed by atoms with Crippen molar-refractivity contribution >= 4 is 0 Å². The van der Waals surface area contributed by atoms with Gasteiger partial charge in [0, 0.05) is 0 Å². The van der Waals surface area contributed by atoms with Gasteiger partial charge in [0.2, 0.25) is 0 Å². The van der Waals surface area contributed by atoms with Crippen LogP contribution >= 0.6 is 0 Å². The SMILES string of the molecule is Cc1cc(C)c(CCC2CCCCC2)c(C)c1. The van der Waals surface area contributed by atoms with E-state index in [1.165, 1.54) is 61.6 Å². The van der Waals surface area contributed by atoms with Gasteiger partial charge in [0.05, 0.1) is 0 Å². The molecule has 0 N–H and O–H groups in total. The Morgan fingerprint density at radius 1 is 0.941 bits per heavy atom. The number of rotatable bonds is 3. The van der Waals surface area contributed by atoms with E-state index in [9.17, 15) is 0 Å². The van der Waals surface area contributed by atoms with Gasteiger partial charge in [-0.15, -0.1) is 0 Å². The molecule has 0 atom stereocenters. The lowest BCUT2D eigenvalue weighted by atomic mass is 9.84. The summed E-state index contributed by atoms with van der Waals surface area (Å²) in [7, 11) is 0. The molecule has 0 bridgehead atoms. The lowest BCUT2D eigenvalue weighted by Gasteiger charge is -2.22. The van der Waals surface area contributed by atoms with E-state index in [1.807, 2.05) is 0 Å². The molecule has 0 aromatic heterocycles. The third-order valence-corrected chi connectivity index (χ3v) is 4.37. The molecule has 1 aliphatic carbocycles. The minimum atomic E-state index is 1.00. The Hall–Kier alpha value is -0.780. The van der Waals surface area contributed by atoms with E-state index in [0.29, 0.717) is 0 Å². The molecule has 0 saturated heterocycles. The highest BCUT2D eigenvalue weighted by molar-refractivity contribution is 5.37. The number of aryl methyl sites for hydroxylation is 3. The van der Waals surface area contributed by atoms with Gasteiger partial charge in [0.15, 0.2) is 0 Å². The van der Waals surface area contributed by atoms with Crippen molar-refractivity contribution in [3.05, 3.63) is 34.4 Å². The summed E-state index contributed by atoms with van der Waals surface area (Å²) in [6.45, 7) is 6.75. The fourth-order valence-electron chi connectivity index (χ4n) is 3.43. The standard InChI is InChI=1S/C17H26/c1-13-11-14(2)17(15(3)12-13)10-9-16-7-5-4-6-8-16/h11-12,16H,4-10H2,1-3H3. The first-order chi connectivity index (χ1) is 8.16. The highest BCUT2D eigenvalue weighted by Crippen LogP contribution is 2.28. The van der Waals surface area contributed by atoms with Gasteiger partial charge in [-0.05, 0) is 56.2 Å². The normalized spacial score (nSPS) is 17.4. The smallest absolute Gasteiger partial charge is 0.0271 e. The van der Waals surface area contributed by atoms with Crippen molar-refractivity contribution in [3.8, 4) is 0 Å². The molecule has 0 spiro atoms.